The van der Waals surface area contributed by atoms with E-state index in [-0.39, 0.29) is 11.9 Å². The molecule has 2 aromatic heterocycles. The summed E-state index contributed by atoms with van der Waals surface area (Å²) in [6, 6.07) is 5.11. The van der Waals surface area contributed by atoms with Gasteiger partial charge in [0.1, 0.15) is 11.9 Å². The first-order valence-corrected chi connectivity index (χ1v) is 7.32. The van der Waals surface area contributed by atoms with Crippen molar-refractivity contribution >= 4 is 12.0 Å². The van der Waals surface area contributed by atoms with Crippen LogP contribution in [0, 0.1) is 0 Å². The highest BCUT2D eigenvalue weighted by molar-refractivity contribution is 5.91. The minimum Gasteiger partial charge on any atom is -0.467 e. The Morgan fingerprint density at radius 1 is 1.55 bits per heavy atom. The number of nitrogens with one attached hydrogen (secondary N) is 1. The number of aliphatic hydroxyl groups excluding tert-OH is 1. The maximum atomic E-state index is 11.9. The summed E-state index contributed by atoms with van der Waals surface area (Å²) in [7, 11) is 0. The second-order valence-corrected chi connectivity index (χ2v) is 5.08. The monoisotopic (exact) mass is 303 g/mol. The average Bonchev–Trinajstić information content (AvgIpc) is 3.15. The van der Waals surface area contributed by atoms with Gasteiger partial charge in [-0.3, -0.25) is 9.48 Å². The zero-order valence-corrected chi connectivity index (χ0v) is 12.8. The number of rotatable bonds is 7. The summed E-state index contributed by atoms with van der Waals surface area (Å²) in [5, 5.41) is 16.9. The van der Waals surface area contributed by atoms with Crippen molar-refractivity contribution in [2.45, 2.75) is 39.0 Å². The lowest BCUT2D eigenvalue weighted by Gasteiger charge is -2.15. The van der Waals surface area contributed by atoms with Crippen molar-refractivity contribution in [2.24, 2.45) is 0 Å². The molecule has 0 aliphatic rings. The number of furan rings is 1. The maximum Gasteiger partial charge on any atom is 0.244 e. The number of carbonyl (C=O) groups is 1. The summed E-state index contributed by atoms with van der Waals surface area (Å²) in [4.78, 5) is 11.9. The third-order valence-corrected chi connectivity index (χ3v) is 3.29. The van der Waals surface area contributed by atoms with Gasteiger partial charge in [0.25, 0.3) is 0 Å². The zero-order valence-electron chi connectivity index (χ0n) is 12.8. The van der Waals surface area contributed by atoms with Crippen LogP contribution in [0.25, 0.3) is 6.08 Å². The quantitative estimate of drug-likeness (QED) is 0.768. The van der Waals surface area contributed by atoms with E-state index < -0.39 is 6.10 Å². The summed E-state index contributed by atoms with van der Waals surface area (Å²) in [5.41, 5.74) is 0.876. The molecule has 0 saturated carbocycles. The normalized spacial score (nSPS) is 14.1. The van der Waals surface area contributed by atoms with Crippen LogP contribution in [-0.2, 0) is 11.3 Å². The Kier molecular flexibility index (Phi) is 5.55. The number of carbonyl (C=O) groups excluding carboxylic acids is 1. The van der Waals surface area contributed by atoms with Crippen LogP contribution in [0.1, 0.15) is 37.8 Å². The molecule has 0 aliphatic heterocycles. The van der Waals surface area contributed by atoms with Crippen LogP contribution in [0.5, 0.6) is 0 Å². The van der Waals surface area contributed by atoms with E-state index in [1.165, 1.54) is 12.3 Å². The second kappa shape index (κ2) is 7.61. The Hall–Kier alpha value is -2.34. The van der Waals surface area contributed by atoms with Crippen molar-refractivity contribution in [3.05, 3.63) is 48.2 Å². The third kappa shape index (κ3) is 4.33. The largest absolute Gasteiger partial charge is 0.467 e. The number of nitrogens with zero attached hydrogens (tertiary/aromatic N) is 2. The molecule has 0 saturated heterocycles. The Bertz CT molecular complexity index is 616. The van der Waals surface area contributed by atoms with Crippen molar-refractivity contribution < 1.29 is 14.3 Å². The molecule has 1 amide bonds. The number of hydrogen-bond donors (Lipinski definition) is 2. The molecule has 2 unspecified atom stereocenters. The third-order valence-electron chi connectivity index (χ3n) is 3.29. The fourth-order valence-electron chi connectivity index (χ4n) is 2.19. The van der Waals surface area contributed by atoms with Gasteiger partial charge in [-0.2, -0.15) is 5.10 Å². The van der Waals surface area contributed by atoms with Gasteiger partial charge in [0, 0.05) is 31.3 Å². The Labute approximate surface area is 129 Å². The molecule has 6 nitrogen and oxygen atoms in total. The molecular weight excluding hydrogens is 282 g/mol. The highest BCUT2D eigenvalue weighted by Gasteiger charge is 2.15. The van der Waals surface area contributed by atoms with Crippen LogP contribution in [0.4, 0.5) is 0 Å². The molecule has 0 aromatic carbocycles. The Balaban J connectivity index is 1.83. The van der Waals surface area contributed by atoms with Gasteiger partial charge in [-0.1, -0.05) is 0 Å². The van der Waals surface area contributed by atoms with Gasteiger partial charge in [-0.15, -0.1) is 0 Å². The summed E-state index contributed by atoms with van der Waals surface area (Å²) < 4.78 is 6.94. The van der Waals surface area contributed by atoms with Crippen LogP contribution in [-0.4, -0.2) is 26.8 Å². The highest BCUT2D eigenvalue weighted by Crippen LogP contribution is 2.18. The Morgan fingerprint density at radius 2 is 2.36 bits per heavy atom. The molecule has 0 radical (unpaired) electrons. The first-order valence-electron chi connectivity index (χ1n) is 7.32. The van der Waals surface area contributed by atoms with Crippen LogP contribution >= 0.6 is 0 Å². The molecule has 6 heteroatoms. The number of aryl methyl sites for hydroxylation is 1. The van der Waals surface area contributed by atoms with Gasteiger partial charge in [0.2, 0.25) is 5.91 Å². The molecule has 2 rings (SSSR count). The van der Waals surface area contributed by atoms with Gasteiger partial charge >= 0.3 is 0 Å². The lowest BCUT2D eigenvalue weighted by atomic mass is 10.1. The van der Waals surface area contributed by atoms with Crippen molar-refractivity contribution in [2.75, 3.05) is 0 Å². The van der Waals surface area contributed by atoms with Crippen molar-refractivity contribution in [3.8, 4) is 0 Å². The van der Waals surface area contributed by atoms with Gasteiger partial charge < -0.3 is 14.8 Å². The predicted octanol–water partition coefficient (Wildman–Crippen LogP) is 2.14. The summed E-state index contributed by atoms with van der Waals surface area (Å²) in [5.74, 6) is 0.298. The molecule has 0 fully saturated rings. The molecular formula is C16H21N3O3. The SMILES string of the molecule is CCn1nccc1/C=C/C(=O)NC(C)CC(O)c1ccco1. The molecule has 22 heavy (non-hydrogen) atoms. The van der Waals surface area contributed by atoms with Crippen LogP contribution < -0.4 is 5.32 Å². The highest BCUT2D eigenvalue weighted by atomic mass is 16.4. The molecule has 0 aliphatic carbocycles. The first-order chi connectivity index (χ1) is 10.6. The smallest absolute Gasteiger partial charge is 0.244 e. The fourth-order valence-corrected chi connectivity index (χ4v) is 2.19. The number of aromatic nitrogens is 2. The van der Waals surface area contributed by atoms with E-state index in [1.807, 2.05) is 19.9 Å². The van der Waals surface area contributed by atoms with Crippen molar-refractivity contribution in [3.63, 3.8) is 0 Å². The van der Waals surface area contributed by atoms with Gasteiger partial charge in [0.05, 0.1) is 12.0 Å². The number of aliphatic hydroxyl groups is 1. The van der Waals surface area contributed by atoms with E-state index >= 15 is 0 Å². The predicted molar refractivity (Wildman–Crippen MR) is 82.8 cm³/mol. The van der Waals surface area contributed by atoms with Crippen molar-refractivity contribution in [1.82, 2.24) is 15.1 Å². The summed E-state index contributed by atoms with van der Waals surface area (Å²) in [6.45, 7) is 4.58. The minimum absolute atomic E-state index is 0.173. The zero-order chi connectivity index (χ0) is 15.9. The van der Waals surface area contributed by atoms with E-state index in [0.29, 0.717) is 12.2 Å². The van der Waals surface area contributed by atoms with E-state index in [2.05, 4.69) is 10.4 Å². The molecule has 2 aromatic rings. The maximum absolute atomic E-state index is 11.9. The van der Waals surface area contributed by atoms with E-state index in [4.69, 9.17) is 4.42 Å². The molecule has 2 heterocycles. The molecule has 0 bridgehead atoms. The topological polar surface area (TPSA) is 80.3 Å². The number of hydrogen-bond acceptors (Lipinski definition) is 4. The van der Waals surface area contributed by atoms with Crippen LogP contribution in [0.2, 0.25) is 0 Å². The minimum atomic E-state index is -0.726. The lowest BCUT2D eigenvalue weighted by Crippen LogP contribution is -2.32. The second-order valence-electron chi connectivity index (χ2n) is 5.08. The summed E-state index contributed by atoms with van der Waals surface area (Å²) >= 11 is 0. The summed E-state index contributed by atoms with van der Waals surface area (Å²) in [6.07, 6.45) is 6.07. The first kappa shape index (κ1) is 16.0. The van der Waals surface area contributed by atoms with E-state index in [9.17, 15) is 9.90 Å². The molecule has 118 valence electrons. The Morgan fingerprint density at radius 3 is 3.05 bits per heavy atom. The van der Waals surface area contributed by atoms with E-state index in [0.717, 1.165) is 12.2 Å². The molecule has 2 atom stereocenters. The average molecular weight is 303 g/mol. The van der Waals surface area contributed by atoms with Gasteiger partial charge in [0.15, 0.2) is 0 Å². The molecule has 0 spiro atoms. The number of amides is 1. The standard InChI is InChI=1S/C16H21N3O3/c1-3-19-13(8-9-17-19)6-7-16(21)18-12(2)11-14(20)15-5-4-10-22-15/h4-10,12,14,20H,3,11H2,1-2H3,(H,18,21)/b7-6+. The lowest BCUT2D eigenvalue weighted by molar-refractivity contribution is -0.117. The van der Waals surface area contributed by atoms with E-state index in [1.54, 1.807) is 29.1 Å². The van der Waals surface area contributed by atoms with Crippen LogP contribution in [0.15, 0.2) is 41.2 Å². The van der Waals surface area contributed by atoms with Gasteiger partial charge in [-0.05, 0) is 38.1 Å². The fraction of sp³-hybridized carbons (Fsp3) is 0.375. The van der Waals surface area contributed by atoms with Crippen LogP contribution in [0.3, 0.4) is 0 Å². The van der Waals surface area contributed by atoms with Crippen molar-refractivity contribution in [1.29, 1.82) is 0 Å². The van der Waals surface area contributed by atoms with Gasteiger partial charge in [-0.25, -0.2) is 0 Å². The molecule has 2 N–H and O–H groups in total.